The third kappa shape index (κ3) is 4.82. The maximum absolute atomic E-state index is 13.1. The maximum atomic E-state index is 13.1. The fourth-order valence-corrected chi connectivity index (χ4v) is 2.80. The quantitative estimate of drug-likeness (QED) is 0.348. The lowest BCUT2D eigenvalue weighted by atomic mass is 9.93. The Morgan fingerprint density at radius 1 is 1.18 bits per heavy atom. The molecule has 6 nitrogen and oxygen atoms in total. The highest BCUT2D eigenvalue weighted by molar-refractivity contribution is 6.06. The molecule has 3 amide bonds. The smallest absolute Gasteiger partial charge is 0.336 e. The van der Waals surface area contributed by atoms with Crippen molar-refractivity contribution in [1.29, 1.82) is 0 Å². The van der Waals surface area contributed by atoms with E-state index in [2.05, 4.69) is 10.6 Å². The summed E-state index contributed by atoms with van der Waals surface area (Å²) in [6, 6.07) is 12.3. The summed E-state index contributed by atoms with van der Waals surface area (Å²) in [5, 5.41) is 4.85. The van der Waals surface area contributed by atoms with Crippen LogP contribution in [0.1, 0.15) is 24.5 Å². The first kappa shape index (κ1) is 19.3. The van der Waals surface area contributed by atoms with Crippen LogP contribution in [-0.2, 0) is 16.0 Å². The molecular weight excluding hydrogens is 363 g/mol. The van der Waals surface area contributed by atoms with Gasteiger partial charge in [0.2, 0.25) is 0 Å². The van der Waals surface area contributed by atoms with Gasteiger partial charge < -0.3 is 10.1 Å². The van der Waals surface area contributed by atoms with Gasteiger partial charge in [-0.05, 0) is 61.2 Å². The van der Waals surface area contributed by atoms with Crippen molar-refractivity contribution in [3.8, 4) is 5.75 Å². The zero-order chi connectivity index (χ0) is 20.1. The van der Waals surface area contributed by atoms with E-state index in [0.29, 0.717) is 24.2 Å². The topological polar surface area (TPSA) is 84.5 Å². The summed E-state index contributed by atoms with van der Waals surface area (Å²) < 4.78 is 18.3. The van der Waals surface area contributed by atoms with Crippen LogP contribution in [-0.4, -0.2) is 23.4 Å². The Hall–Kier alpha value is -3.48. The molecule has 0 bridgehead atoms. The first-order valence-electron chi connectivity index (χ1n) is 8.72. The molecular formula is C21H19FN2O4. The number of benzene rings is 2. The van der Waals surface area contributed by atoms with Gasteiger partial charge >= 0.3 is 12.0 Å². The van der Waals surface area contributed by atoms with E-state index in [4.69, 9.17) is 4.74 Å². The van der Waals surface area contributed by atoms with E-state index in [1.54, 1.807) is 43.3 Å². The molecule has 1 fully saturated rings. The van der Waals surface area contributed by atoms with Crippen LogP contribution >= 0.6 is 0 Å². The fraction of sp³-hybridized carbons (Fsp3) is 0.190. The van der Waals surface area contributed by atoms with Crippen LogP contribution in [0.15, 0.2) is 54.6 Å². The largest absolute Gasteiger partial charge is 0.423 e. The Morgan fingerprint density at radius 3 is 2.57 bits per heavy atom. The van der Waals surface area contributed by atoms with E-state index in [1.807, 2.05) is 0 Å². The number of imide groups is 1. The Morgan fingerprint density at radius 2 is 1.93 bits per heavy atom. The summed E-state index contributed by atoms with van der Waals surface area (Å²) in [6.45, 7) is 1.67. The summed E-state index contributed by atoms with van der Waals surface area (Å²) in [7, 11) is 0. The monoisotopic (exact) mass is 382 g/mol. The first-order chi connectivity index (χ1) is 13.3. The minimum absolute atomic E-state index is 0.340. The summed E-state index contributed by atoms with van der Waals surface area (Å²) in [5.74, 6) is -0.923. The molecule has 0 radical (unpaired) electrons. The Balaban J connectivity index is 1.53. The minimum Gasteiger partial charge on any atom is -0.423 e. The van der Waals surface area contributed by atoms with Gasteiger partial charge in [0.25, 0.3) is 5.91 Å². The number of carbonyl (C=O) groups is 3. The maximum Gasteiger partial charge on any atom is 0.336 e. The molecule has 0 unspecified atom stereocenters. The number of rotatable bonds is 6. The molecule has 7 heteroatoms. The molecule has 2 aromatic carbocycles. The van der Waals surface area contributed by atoms with Crippen molar-refractivity contribution in [1.82, 2.24) is 10.6 Å². The normalized spacial score (nSPS) is 18.8. The molecule has 2 N–H and O–H groups in total. The number of halogens is 1. The SMILES string of the molecule is C[C@]1(CCc2ccc(OC(=O)/C=C/c3cccc(F)c3)cc2)NC(=O)NC1=O. The van der Waals surface area contributed by atoms with Gasteiger partial charge in [0.05, 0.1) is 0 Å². The van der Waals surface area contributed by atoms with Crippen molar-refractivity contribution >= 4 is 24.0 Å². The number of nitrogens with one attached hydrogen (secondary N) is 2. The second-order valence-corrected chi connectivity index (χ2v) is 6.69. The van der Waals surface area contributed by atoms with Crippen LogP contribution in [0.3, 0.4) is 0 Å². The van der Waals surface area contributed by atoms with Crippen LogP contribution in [0, 0.1) is 5.82 Å². The number of aryl methyl sites for hydroxylation is 1. The highest BCUT2D eigenvalue weighted by Crippen LogP contribution is 2.20. The number of carbonyl (C=O) groups excluding carboxylic acids is 3. The zero-order valence-electron chi connectivity index (χ0n) is 15.2. The van der Waals surface area contributed by atoms with Crippen molar-refractivity contribution in [3.05, 3.63) is 71.6 Å². The van der Waals surface area contributed by atoms with E-state index >= 15 is 0 Å². The molecule has 1 aliphatic heterocycles. The van der Waals surface area contributed by atoms with Crippen molar-refractivity contribution in [2.75, 3.05) is 0 Å². The second-order valence-electron chi connectivity index (χ2n) is 6.69. The third-order valence-electron chi connectivity index (χ3n) is 4.43. The van der Waals surface area contributed by atoms with Gasteiger partial charge in [0.15, 0.2) is 0 Å². The van der Waals surface area contributed by atoms with Crippen LogP contribution < -0.4 is 15.4 Å². The fourth-order valence-electron chi connectivity index (χ4n) is 2.80. The van der Waals surface area contributed by atoms with E-state index in [1.165, 1.54) is 24.3 Å². The number of hydrogen-bond acceptors (Lipinski definition) is 4. The second kappa shape index (κ2) is 8.04. The standard InChI is InChI=1S/C21H19FN2O4/c1-21(19(26)23-20(27)24-21)12-11-14-5-8-17(9-6-14)28-18(25)10-7-15-3-2-4-16(22)13-15/h2-10,13H,11-12H2,1H3,(H2,23,24,26,27)/b10-7+/t21-/m1/s1. The lowest BCUT2D eigenvalue weighted by Crippen LogP contribution is -2.43. The molecule has 144 valence electrons. The summed E-state index contributed by atoms with van der Waals surface area (Å²) in [5.41, 5.74) is 0.568. The van der Waals surface area contributed by atoms with E-state index in [-0.39, 0.29) is 11.7 Å². The van der Waals surface area contributed by atoms with Crippen molar-refractivity contribution in [2.45, 2.75) is 25.3 Å². The van der Waals surface area contributed by atoms with Crippen molar-refractivity contribution < 1.29 is 23.5 Å². The van der Waals surface area contributed by atoms with E-state index in [9.17, 15) is 18.8 Å². The Kier molecular flexibility index (Phi) is 5.54. The van der Waals surface area contributed by atoms with Gasteiger partial charge in [-0.15, -0.1) is 0 Å². The average Bonchev–Trinajstić information content (AvgIpc) is 2.91. The number of amides is 3. The molecule has 1 heterocycles. The number of esters is 1. The molecule has 0 saturated carbocycles. The number of ether oxygens (including phenoxy) is 1. The Bertz CT molecular complexity index is 940. The average molecular weight is 382 g/mol. The van der Waals surface area contributed by atoms with Gasteiger partial charge in [-0.3, -0.25) is 10.1 Å². The lowest BCUT2D eigenvalue weighted by Gasteiger charge is -2.20. The van der Waals surface area contributed by atoms with Gasteiger partial charge in [0, 0.05) is 6.08 Å². The van der Waals surface area contributed by atoms with Gasteiger partial charge in [-0.1, -0.05) is 24.3 Å². The minimum atomic E-state index is -0.927. The third-order valence-corrected chi connectivity index (χ3v) is 4.43. The predicted octanol–water partition coefficient (Wildman–Crippen LogP) is 2.98. The van der Waals surface area contributed by atoms with Crippen molar-refractivity contribution in [2.24, 2.45) is 0 Å². The molecule has 2 aromatic rings. The van der Waals surface area contributed by atoms with Crippen LogP contribution in [0.4, 0.5) is 9.18 Å². The molecule has 0 aliphatic carbocycles. The number of hydrogen-bond donors (Lipinski definition) is 2. The van der Waals surface area contributed by atoms with Gasteiger partial charge in [-0.25, -0.2) is 14.0 Å². The van der Waals surface area contributed by atoms with Crippen molar-refractivity contribution in [3.63, 3.8) is 0 Å². The van der Waals surface area contributed by atoms with Crippen LogP contribution in [0.5, 0.6) is 5.75 Å². The molecule has 0 aromatic heterocycles. The first-order valence-corrected chi connectivity index (χ1v) is 8.72. The molecule has 28 heavy (non-hydrogen) atoms. The van der Waals surface area contributed by atoms with E-state index < -0.39 is 17.5 Å². The summed E-state index contributed by atoms with van der Waals surface area (Å²) in [4.78, 5) is 35.0. The molecule has 1 atom stereocenters. The highest BCUT2D eigenvalue weighted by atomic mass is 19.1. The number of urea groups is 1. The summed E-state index contributed by atoms with van der Waals surface area (Å²) >= 11 is 0. The van der Waals surface area contributed by atoms with Crippen LogP contribution in [0.25, 0.3) is 6.08 Å². The Labute approximate surface area is 161 Å². The highest BCUT2D eigenvalue weighted by Gasteiger charge is 2.41. The molecule has 0 spiro atoms. The predicted molar refractivity (Wildman–Crippen MR) is 101 cm³/mol. The van der Waals surface area contributed by atoms with Crippen LogP contribution in [0.2, 0.25) is 0 Å². The lowest BCUT2D eigenvalue weighted by molar-refractivity contribution is -0.129. The van der Waals surface area contributed by atoms with Gasteiger partial charge in [0.1, 0.15) is 17.1 Å². The molecule has 3 rings (SSSR count). The van der Waals surface area contributed by atoms with Gasteiger partial charge in [-0.2, -0.15) is 0 Å². The molecule has 1 saturated heterocycles. The summed E-state index contributed by atoms with van der Waals surface area (Å²) in [6.07, 6.45) is 3.71. The van der Waals surface area contributed by atoms with E-state index in [0.717, 1.165) is 5.56 Å². The zero-order valence-corrected chi connectivity index (χ0v) is 15.2. The molecule has 1 aliphatic rings.